The molecule has 6 rings (SSSR count). The van der Waals surface area contributed by atoms with E-state index >= 15 is 0 Å². The maximum Gasteiger partial charge on any atom is 0.137 e. The molecular formula is C22H13N3S. The number of hydrogen-bond donors (Lipinski definition) is 0. The predicted octanol–water partition coefficient (Wildman–Crippen LogP) is 5.94. The number of benzene rings is 2. The van der Waals surface area contributed by atoms with Crippen molar-refractivity contribution in [3.63, 3.8) is 0 Å². The Kier molecular flexibility index (Phi) is 2.76. The van der Waals surface area contributed by atoms with Crippen LogP contribution < -0.4 is 0 Å². The van der Waals surface area contributed by atoms with E-state index in [0.717, 1.165) is 22.4 Å². The van der Waals surface area contributed by atoms with Gasteiger partial charge in [0.25, 0.3) is 0 Å². The number of aromatic nitrogens is 3. The second-order valence-corrected chi connectivity index (χ2v) is 7.38. The molecule has 0 fully saturated rings. The van der Waals surface area contributed by atoms with E-state index < -0.39 is 0 Å². The van der Waals surface area contributed by atoms with E-state index in [1.54, 1.807) is 0 Å². The van der Waals surface area contributed by atoms with Gasteiger partial charge in [0.1, 0.15) is 5.82 Å². The van der Waals surface area contributed by atoms with E-state index in [4.69, 9.17) is 4.98 Å². The minimum atomic E-state index is 0.918. The van der Waals surface area contributed by atoms with Gasteiger partial charge < -0.3 is 0 Å². The van der Waals surface area contributed by atoms with Gasteiger partial charge in [0.15, 0.2) is 0 Å². The second kappa shape index (κ2) is 5.13. The highest BCUT2D eigenvalue weighted by Gasteiger charge is 2.18. The molecule has 0 bridgehead atoms. The summed E-state index contributed by atoms with van der Waals surface area (Å²) in [4.78, 5) is 9.32. The zero-order chi connectivity index (χ0) is 17.1. The summed E-state index contributed by atoms with van der Waals surface area (Å²) in [5, 5.41) is 3.82. The van der Waals surface area contributed by atoms with Crippen LogP contribution in [-0.2, 0) is 0 Å². The zero-order valence-corrected chi connectivity index (χ0v) is 14.6. The molecule has 26 heavy (non-hydrogen) atoms. The standard InChI is InChI=1S/C22H13N3S/c1-2-8-18-14(6-1)15-10-11-16-20(22(15)26-18)21-17(7-5-13-24-21)25(16)19-9-3-4-12-23-19/h1-13H. The Bertz CT molecular complexity index is 1430. The third-order valence-corrected chi connectivity index (χ3v) is 6.11. The van der Waals surface area contributed by atoms with Gasteiger partial charge >= 0.3 is 0 Å². The van der Waals surface area contributed by atoms with Crippen LogP contribution in [0.1, 0.15) is 0 Å². The number of thiophene rings is 1. The van der Waals surface area contributed by atoms with Crippen LogP contribution in [0.5, 0.6) is 0 Å². The first-order valence-corrected chi connectivity index (χ1v) is 9.34. The van der Waals surface area contributed by atoms with Crippen LogP contribution in [0.15, 0.2) is 79.1 Å². The van der Waals surface area contributed by atoms with Crippen molar-refractivity contribution in [1.29, 1.82) is 0 Å². The minimum absolute atomic E-state index is 0.918. The Morgan fingerprint density at radius 1 is 0.692 bits per heavy atom. The lowest BCUT2D eigenvalue weighted by molar-refractivity contribution is 1.08. The second-order valence-electron chi connectivity index (χ2n) is 6.33. The molecule has 0 radical (unpaired) electrons. The van der Waals surface area contributed by atoms with E-state index in [9.17, 15) is 0 Å². The average Bonchev–Trinajstić information content (AvgIpc) is 3.24. The van der Waals surface area contributed by atoms with Crippen LogP contribution >= 0.6 is 11.3 Å². The monoisotopic (exact) mass is 351 g/mol. The molecule has 0 saturated carbocycles. The summed E-state index contributed by atoms with van der Waals surface area (Å²) >= 11 is 1.84. The maximum absolute atomic E-state index is 4.73. The van der Waals surface area contributed by atoms with Gasteiger partial charge in [0, 0.05) is 38.0 Å². The van der Waals surface area contributed by atoms with Crippen LogP contribution in [-0.4, -0.2) is 14.5 Å². The predicted molar refractivity (Wildman–Crippen MR) is 109 cm³/mol. The van der Waals surface area contributed by atoms with E-state index in [-0.39, 0.29) is 0 Å². The lowest BCUT2D eigenvalue weighted by Crippen LogP contribution is -1.96. The van der Waals surface area contributed by atoms with Crippen LogP contribution in [0.3, 0.4) is 0 Å². The van der Waals surface area contributed by atoms with Crippen LogP contribution in [0.2, 0.25) is 0 Å². The lowest BCUT2D eigenvalue weighted by atomic mass is 10.1. The number of nitrogens with zero attached hydrogens (tertiary/aromatic N) is 3. The van der Waals surface area contributed by atoms with Crippen molar-refractivity contribution in [3.8, 4) is 5.82 Å². The number of hydrogen-bond acceptors (Lipinski definition) is 3. The van der Waals surface area contributed by atoms with Crippen molar-refractivity contribution in [3.05, 3.63) is 79.1 Å². The highest BCUT2D eigenvalue weighted by molar-refractivity contribution is 7.26. The van der Waals surface area contributed by atoms with Gasteiger partial charge in [-0.05, 0) is 36.4 Å². The van der Waals surface area contributed by atoms with Gasteiger partial charge in [-0.2, -0.15) is 0 Å². The van der Waals surface area contributed by atoms with Gasteiger partial charge in [-0.3, -0.25) is 9.55 Å². The van der Waals surface area contributed by atoms with Crippen LogP contribution in [0.25, 0.3) is 47.9 Å². The van der Waals surface area contributed by atoms with Gasteiger partial charge in [-0.1, -0.05) is 30.3 Å². The molecule has 4 heteroatoms. The third-order valence-electron chi connectivity index (χ3n) is 4.91. The molecule has 6 aromatic rings. The Balaban J connectivity index is 1.89. The van der Waals surface area contributed by atoms with Crippen molar-refractivity contribution < 1.29 is 0 Å². The average molecular weight is 351 g/mol. The molecule has 0 spiro atoms. The first-order chi connectivity index (χ1) is 12.9. The van der Waals surface area contributed by atoms with Crippen LogP contribution in [0.4, 0.5) is 0 Å². The Hall–Kier alpha value is -3.24. The molecule has 2 aromatic carbocycles. The summed E-state index contributed by atoms with van der Waals surface area (Å²) in [5.41, 5.74) is 3.27. The molecule has 0 unspecified atom stereocenters. The van der Waals surface area contributed by atoms with Crippen molar-refractivity contribution in [2.45, 2.75) is 0 Å². The SMILES string of the molecule is c1ccc(-n2c3cccnc3c3c4sc5ccccc5c4ccc32)nc1. The molecule has 122 valence electrons. The Morgan fingerprint density at radius 2 is 1.58 bits per heavy atom. The zero-order valence-electron chi connectivity index (χ0n) is 13.8. The van der Waals surface area contributed by atoms with Gasteiger partial charge in [0.05, 0.1) is 16.6 Å². The van der Waals surface area contributed by atoms with Crippen molar-refractivity contribution in [2.75, 3.05) is 0 Å². The molecule has 0 aliphatic heterocycles. The van der Waals surface area contributed by atoms with E-state index in [0.29, 0.717) is 0 Å². The summed E-state index contributed by atoms with van der Waals surface area (Å²) < 4.78 is 4.81. The number of fused-ring (bicyclic) bond motifs is 7. The summed E-state index contributed by atoms with van der Waals surface area (Å²) in [6.45, 7) is 0. The molecule has 0 saturated heterocycles. The molecule has 0 aliphatic rings. The molecular weight excluding hydrogens is 338 g/mol. The molecule has 4 aromatic heterocycles. The summed E-state index contributed by atoms with van der Waals surface area (Å²) in [6.07, 6.45) is 3.71. The minimum Gasteiger partial charge on any atom is -0.292 e. The van der Waals surface area contributed by atoms with E-state index in [1.165, 1.54) is 25.6 Å². The van der Waals surface area contributed by atoms with E-state index in [2.05, 4.69) is 52.0 Å². The topological polar surface area (TPSA) is 30.7 Å². The first kappa shape index (κ1) is 14.0. The van der Waals surface area contributed by atoms with Gasteiger partial charge in [-0.15, -0.1) is 11.3 Å². The molecule has 3 nitrogen and oxygen atoms in total. The van der Waals surface area contributed by atoms with Crippen LogP contribution in [0, 0.1) is 0 Å². The molecule has 0 N–H and O–H groups in total. The van der Waals surface area contributed by atoms with Crippen molar-refractivity contribution in [1.82, 2.24) is 14.5 Å². The highest BCUT2D eigenvalue weighted by Crippen LogP contribution is 2.42. The Morgan fingerprint density at radius 3 is 2.50 bits per heavy atom. The quantitative estimate of drug-likeness (QED) is 0.367. The fourth-order valence-electron chi connectivity index (χ4n) is 3.83. The number of pyridine rings is 2. The molecule has 4 heterocycles. The summed E-state index contributed by atoms with van der Waals surface area (Å²) in [6, 6.07) is 23.1. The fraction of sp³-hybridized carbons (Fsp3) is 0. The normalized spacial score (nSPS) is 11.8. The Labute approximate surface area is 153 Å². The summed E-state index contributed by atoms with van der Waals surface area (Å²) in [7, 11) is 0. The van der Waals surface area contributed by atoms with Gasteiger partial charge in [-0.25, -0.2) is 4.98 Å². The lowest BCUT2D eigenvalue weighted by Gasteiger charge is -2.05. The van der Waals surface area contributed by atoms with Crippen molar-refractivity contribution in [2.24, 2.45) is 0 Å². The smallest absolute Gasteiger partial charge is 0.137 e. The molecule has 0 atom stereocenters. The summed E-state index contributed by atoms with van der Waals surface area (Å²) in [5.74, 6) is 0.918. The van der Waals surface area contributed by atoms with Gasteiger partial charge in [0.2, 0.25) is 0 Å². The number of rotatable bonds is 1. The maximum atomic E-state index is 4.73. The van der Waals surface area contributed by atoms with Crippen molar-refractivity contribution >= 4 is 53.4 Å². The first-order valence-electron chi connectivity index (χ1n) is 8.52. The molecule has 0 aliphatic carbocycles. The van der Waals surface area contributed by atoms with E-state index in [1.807, 2.05) is 48.0 Å². The largest absolute Gasteiger partial charge is 0.292 e. The fourth-order valence-corrected chi connectivity index (χ4v) is 5.07. The third kappa shape index (κ3) is 1.77. The highest BCUT2D eigenvalue weighted by atomic mass is 32.1. The molecule has 0 amide bonds.